The summed E-state index contributed by atoms with van der Waals surface area (Å²) in [5.74, 6) is -1.17. The number of aliphatic carboxylic acids is 2. The lowest BCUT2D eigenvalue weighted by Crippen LogP contribution is -2.45. The molecule has 0 radical (unpaired) electrons. The summed E-state index contributed by atoms with van der Waals surface area (Å²) in [5.41, 5.74) is 0. The zero-order valence-electron chi connectivity index (χ0n) is 14.5. The topological polar surface area (TPSA) is 84.3 Å². The summed E-state index contributed by atoms with van der Waals surface area (Å²) in [7, 11) is 0. The lowest BCUT2D eigenvalue weighted by Gasteiger charge is -2.34. The van der Waals surface area contributed by atoms with Crippen LogP contribution >= 0.6 is 0 Å². The third-order valence-electron chi connectivity index (χ3n) is 5.18. The van der Waals surface area contributed by atoms with E-state index in [9.17, 15) is 9.59 Å². The summed E-state index contributed by atoms with van der Waals surface area (Å²) in [4.78, 5) is 28.9. The summed E-state index contributed by atoms with van der Waals surface area (Å²) in [6.45, 7) is 7.56. The fraction of sp³-hybridized carbons (Fsp3) is 0.882. The SMILES string of the molecule is O=C(O)CC1CCCN2CCN(CCCN(CC(=O)O)CC2)CC1. The number of nitrogens with zero attached hydrogens (tertiary/aromatic N) is 3. The van der Waals surface area contributed by atoms with Gasteiger partial charge in [-0.05, 0) is 51.2 Å². The van der Waals surface area contributed by atoms with Crippen LogP contribution in [0.1, 0.15) is 32.1 Å². The van der Waals surface area contributed by atoms with Crippen LogP contribution in [-0.4, -0.2) is 95.8 Å². The molecule has 2 rings (SSSR count). The summed E-state index contributed by atoms with van der Waals surface area (Å²) >= 11 is 0. The molecule has 3 unspecified atom stereocenters. The van der Waals surface area contributed by atoms with Crippen molar-refractivity contribution in [1.29, 1.82) is 0 Å². The Morgan fingerprint density at radius 2 is 1.42 bits per heavy atom. The molecule has 138 valence electrons. The second-order valence-electron chi connectivity index (χ2n) is 7.10. The monoisotopic (exact) mass is 341 g/mol. The Kier molecular flexibility index (Phi) is 7.94. The maximum absolute atomic E-state index is 11.0. The van der Waals surface area contributed by atoms with Crippen molar-refractivity contribution in [2.75, 3.05) is 58.9 Å². The highest BCUT2D eigenvalue weighted by Crippen LogP contribution is 2.19. The summed E-state index contributed by atoms with van der Waals surface area (Å²) < 4.78 is 0. The van der Waals surface area contributed by atoms with E-state index in [1.807, 2.05) is 4.90 Å². The smallest absolute Gasteiger partial charge is 0.317 e. The Morgan fingerprint density at radius 1 is 0.750 bits per heavy atom. The first-order valence-electron chi connectivity index (χ1n) is 9.13. The maximum atomic E-state index is 11.0. The van der Waals surface area contributed by atoms with Gasteiger partial charge in [-0.3, -0.25) is 14.5 Å². The van der Waals surface area contributed by atoms with Crippen molar-refractivity contribution in [2.24, 2.45) is 5.92 Å². The summed E-state index contributed by atoms with van der Waals surface area (Å²) in [6, 6.07) is 0. The highest BCUT2D eigenvalue weighted by Gasteiger charge is 2.20. The molecule has 2 bridgehead atoms. The van der Waals surface area contributed by atoms with Crippen LogP contribution in [0.3, 0.4) is 0 Å². The van der Waals surface area contributed by atoms with Crippen LogP contribution in [-0.2, 0) is 9.59 Å². The average Bonchev–Trinajstić information content (AvgIpc) is 2.51. The molecule has 7 heteroatoms. The fourth-order valence-corrected chi connectivity index (χ4v) is 3.78. The number of carbonyl (C=O) groups is 2. The molecule has 2 heterocycles. The number of hydrogen-bond donors (Lipinski definition) is 2. The molecule has 2 saturated heterocycles. The van der Waals surface area contributed by atoms with E-state index in [0.717, 1.165) is 78.0 Å². The molecule has 2 aliphatic rings. The Hall–Kier alpha value is -1.18. The highest BCUT2D eigenvalue weighted by molar-refractivity contribution is 5.69. The summed E-state index contributed by atoms with van der Waals surface area (Å²) in [5, 5.41) is 18.1. The molecule has 2 aliphatic heterocycles. The van der Waals surface area contributed by atoms with E-state index in [2.05, 4.69) is 9.80 Å². The minimum absolute atomic E-state index is 0.120. The molecule has 0 amide bonds. The molecule has 2 N–H and O–H groups in total. The van der Waals surface area contributed by atoms with Gasteiger partial charge in [0.25, 0.3) is 0 Å². The first-order chi connectivity index (χ1) is 11.5. The van der Waals surface area contributed by atoms with E-state index in [-0.39, 0.29) is 18.9 Å². The quantitative estimate of drug-likeness (QED) is 0.777. The molecule has 2 fully saturated rings. The molecule has 7 nitrogen and oxygen atoms in total. The van der Waals surface area contributed by atoms with Crippen molar-refractivity contribution in [1.82, 2.24) is 14.7 Å². The van der Waals surface area contributed by atoms with Crippen LogP contribution in [0.4, 0.5) is 0 Å². The Labute approximate surface area is 144 Å². The molecule has 24 heavy (non-hydrogen) atoms. The minimum Gasteiger partial charge on any atom is -0.481 e. The van der Waals surface area contributed by atoms with Gasteiger partial charge in [-0.2, -0.15) is 0 Å². The van der Waals surface area contributed by atoms with E-state index in [0.29, 0.717) is 0 Å². The maximum Gasteiger partial charge on any atom is 0.317 e. The normalized spacial score (nSPS) is 30.6. The highest BCUT2D eigenvalue weighted by atomic mass is 16.4. The van der Waals surface area contributed by atoms with Gasteiger partial charge in [0.15, 0.2) is 0 Å². The van der Waals surface area contributed by atoms with E-state index >= 15 is 0 Å². The lowest BCUT2D eigenvalue weighted by molar-refractivity contribution is -0.139. The van der Waals surface area contributed by atoms with Gasteiger partial charge in [0.05, 0.1) is 6.54 Å². The Morgan fingerprint density at radius 3 is 2.12 bits per heavy atom. The van der Waals surface area contributed by atoms with Crippen LogP contribution in [0.2, 0.25) is 0 Å². The minimum atomic E-state index is -0.756. The number of fused-ring (bicyclic) bond motifs is 3. The molecule has 0 aromatic heterocycles. The molecular weight excluding hydrogens is 310 g/mol. The zero-order valence-corrected chi connectivity index (χ0v) is 14.5. The Bertz CT molecular complexity index is 381. The van der Waals surface area contributed by atoms with Gasteiger partial charge >= 0.3 is 11.9 Å². The first-order valence-corrected chi connectivity index (χ1v) is 9.13. The molecule has 0 aliphatic carbocycles. The van der Waals surface area contributed by atoms with Gasteiger partial charge in [-0.1, -0.05) is 0 Å². The number of rotatable bonds is 4. The van der Waals surface area contributed by atoms with Crippen molar-refractivity contribution >= 4 is 11.9 Å². The molecule has 3 atom stereocenters. The Balaban J connectivity index is 1.96. The van der Waals surface area contributed by atoms with Gasteiger partial charge in [0.1, 0.15) is 0 Å². The molecule has 0 saturated carbocycles. The van der Waals surface area contributed by atoms with Gasteiger partial charge in [0.2, 0.25) is 0 Å². The fourth-order valence-electron chi connectivity index (χ4n) is 3.78. The predicted molar refractivity (Wildman–Crippen MR) is 91.2 cm³/mol. The first kappa shape index (κ1) is 19.1. The van der Waals surface area contributed by atoms with Crippen molar-refractivity contribution in [3.8, 4) is 0 Å². The number of carboxylic acids is 2. The largest absolute Gasteiger partial charge is 0.481 e. The van der Waals surface area contributed by atoms with E-state index in [1.165, 1.54) is 0 Å². The molecule has 0 aromatic rings. The second-order valence-corrected chi connectivity index (χ2v) is 7.10. The number of carboxylic acid groups (broad SMARTS) is 2. The van der Waals surface area contributed by atoms with Crippen molar-refractivity contribution in [3.63, 3.8) is 0 Å². The second kappa shape index (κ2) is 9.96. The lowest BCUT2D eigenvalue weighted by atomic mass is 9.95. The van der Waals surface area contributed by atoms with E-state index in [1.54, 1.807) is 0 Å². The number of hydrogen-bond acceptors (Lipinski definition) is 5. The zero-order chi connectivity index (χ0) is 17.4. The van der Waals surface area contributed by atoms with Gasteiger partial charge < -0.3 is 20.0 Å². The van der Waals surface area contributed by atoms with Crippen LogP contribution in [0.25, 0.3) is 0 Å². The van der Waals surface area contributed by atoms with E-state index < -0.39 is 11.9 Å². The molecular formula is C17H31N3O4. The van der Waals surface area contributed by atoms with Crippen LogP contribution in [0.5, 0.6) is 0 Å². The predicted octanol–water partition coefficient (Wildman–Crippen LogP) is 0.656. The van der Waals surface area contributed by atoms with Gasteiger partial charge in [-0.25, -0.2) is 0 Å². The third-order valence-corrected chi connectivity index (χ3v) is 5.18. The van der Waals surface area contributed by atoms with Crippen LogP contribution in [0, 0.1) is 5.92 Å². The van der Waals surface area contributed by atoms with E-state index in [4.69, 9.17) is 10.2 Å². The third kappa shape index (κ3) is 7.15. The molecule has 0 spiro atoms. The van der Waals surface area contributed by atoms with Crippen molar-refractivity contribution in [3.05, 3.63) is 0 Å². The average molecular weight is 341 g/mol. The van der Waals surface area contributed by atoms with Gasteiger partial charge in [-0.15, -0.1) is 0 Å². The van der Waals surface area contributed by atoms with Gasteiger partial charge in [0, 0.05) is 39.1 Å². The summed E-state index contributed by atoms with van der Waals surface area (Å²) in [6.07, 6.45) is 4.19. The molecule has 0 aromatic carbocycles. The van der Waals surface area contributed by atoms with Crippen molar-refractivity contribution < 1.29 is 19.8 Å². The standard InChI is InChI=1S/C17H31N3O4/c21-16(22)13-15-3-1-5-19-10-9-18(8-4-15)6-2-7-20(12-11-19)14-17(23)24/h15H,1-14H2,(H,21,22)(H,23,24). The van der Waals surface area contributed by atoms with Crippen LogP contribution < -0.4 is 0 Å². The van der Waals surface area contributed by atoms with Crippen LogP contribution in [0.15, 0.2) is 0 Å². The van der Waals surface area contributed by atoms with Crippen molar-refractivity contribution in [2.45, 2.75) is 32.1 Å².